The van der Waals surface area contributed by atoms with Gasteiger partial charge in [-0.15, -0.1) is 0 Å². The van der Waals surface area contributed by atoms with Gasteiger partial charge in [-0.2, -0.15) is 13.2 Å². The van der Waals surface area contributed by atoms with Crippen LogP contribution in [0, 0.1) is 0 Å². The molecule has 0 radical (unpaired) electrons. The Morgan fingerprint density at radius 3 is 2.68 bits per heavy atom. The molecular formula is C12H12F3N3O3S. The molecule has 1 aromatic heterocycles. The highest BCUT2D eigenvalue weighted by Crippen LogP contribution is 2.20. The second-order valence-electron chi connectivity index (χ2n) is 4.67. The van der Waals surface area contributed by atoms with Crippen LogP contribution in [0.25, 0.3) is 11.0 Å². The summed E-state index contributed by atoms with van der Waals surface area (Å²) in [5.41, 5.74) is 1.21. The third-order valence-electron chi connectivity index (χ3n) is 2.89. The monoisotopic (exact) mass is 335 g/mol. The van der Waals surface area contributed by atoms with Crippen molar-refractivity contribution in [2.75, 3.05) is 5.75 Å². The summed E-state index contributed by atoms with van der Waals surface area (Å²) >= 11 is 0. The molecule has 0 aliphatic carbocycles. The van der Waals surface area contributed by atoms with Crippen LogP contribution in [0.4, 0.5) is 13.2 Å². The van der Waals surface area contributed by atoms with E-state index in [-0.39, 0.29) is 5.56 Å². The van der Waals surface area contributed by atoms with E-state index < -0.39 is 34.3 Å². The van der Waals surface area contributed by atoms with E-state index in [0.29, 0.717) is 5.52 Å². The first-order valence-corrected chi connectivity index (χ1v) is 7.75. The number of nitrogens with one attached hydrogen (secondary N) is 1. The molecule has 0 saturated carbocycles. The Balaban J connectivity index is 2.13. The summed E-state index contributed by atoms with van der Waals surface area (Å²) in [6, 6.07) is 4.31. The van der Waals surface area contributed by atoms with Gasteiger partial charge in [-0.25, -0.2) is 18.1 Å². The molecule has 0 aliphatic heterocycles. The molecule has 0 atom stereocenters. The van der Waals surface area contributed by atoms with Crippen LogP contribution in [-0.2, 0) is 17.1 Å². The SMILES string of the molecule is Cn1cnc2cc(C(=O)NS(=O)(=O)CCC(F)(F)F)ccc21. The Hall–Kier alpha value is -2.10. The number of imidazole rings is 1. The number of aromatic nitrogens is 2. The number of rotatable bonds is 4. The summed E-state index contributed by atoms with van der Waals surface area (Å²) in [7, 11) is -2.61. The maximum Gasteiger partial charge on any atom is 0.390 e. The lowest BCUT2D eigenvalue weighted by Gasteiger charge is -2.09. The lowest BCUT2D eigenvalue weighted by molar-refractivity contribution is -0.130. The van der Waals surface area contributed by atoms with E-state index in [2.05, 4.69) is 4.98 Å². The van der Waals surface area contributed by atoms with Crippen molar-refractivity contribution in [1.82, 2.24) is 14.3 Å². The number of hydrogen-bond acceptors (Lipinski definition) is 4. The minimum Gasteiger partial charge on any atom is -0.334 e. The first-order valence-electron chi connectivity index (χ1n) is 6.10. The van der Waals surface area contributed by atoms with Gasteiger partial charge < -0.3 is 4.57 Å². The van der Waals surface area contributed by atoms with Crippen LogP contribution < -0.4 is 4.72 Å². The Bertz CT molecular complexity index is 812. The van der Waals surface area contributed by atoms with Crippen LogP contribution >= 0.6 is 0 Å². The third kappa shape index (κ3) is 3.97. The second kappa shape index (κ2) is 5.59. The molecule has 0 spiro atoms. The van der Waals surface area contributed by atoms with Crippen molar-refractivity contribution < 1.29 is 26.4 Å². The average molecular weight is 335 g/mol. The summed E-state index contributed by atoms with van der Waals surface area (Å²) in [5, 5.41) is 0. The molecule has 2 rings (SSSR count). The highest BCUT2D eigenvalue weighted by molar-refractivity contribution is 7.90. The lowest BCUT2D eigenvalue weighted by atomic mass is 10.2. The number of nitrogens with zero attached hydrogens (tertiary/aromatic N) is 2. The predicted octanol–water partition coefficient (Wildman–Crippen LogP) is 1.59. The van der Waals surface area contributed by atoms with Crippen molar-refractivity contribution in [3.05, 3.63) is 30.1 Å². The number of sulfonamides is 1. The number of carbonyl (C=O) groups is 1. The average Bonchev–Trinajstić information content (AvgIpc) is 2.77. The molecule has 0 fully saturated rings. The zero-order chi connectivity index (χ0) is 16.5. The van der Waals surface area contributed by atoms with Crippen LogP contribution in [0.1, 0.15) is 16.8 Å². The Kier molecular flexibility index (Phi) is 4.14. The van der Waals surface area contributed by atoms with Crippen molar-refractivity contribution in [3.8, 4) is 0 Å². The van der Waals surface area contributed by atoms with Crippen LogP contribution in [0.5, 0.6) is 0 Å². The maximum atomic E-state index is 12.0. The molecule has 1 aromatic carbocycles. The standard InChI is InChI=1S/C12H12F3N3O3S/c1-18-7-16-9-6-8(2-3-10(9)18)11(19)17-22(20,21)5-4-12(13,14)15/h2-3,6-7H,4-5H2,1H3,(H,17,19). The molecule has 10 heteroatoms. The number of amides is 1. The molecule has 0 bridgehead atoms. The predicted molar refractivity (Wildman–Crippen MR) is 72.6 cm³/mol. The second-order valence-corrected chi connectivity index (χ2v) is 6.52. The van der Waals surface area contributed by atoms with E-state index in [4.69, 9.17) is 0 Å². The fourth-order valence-electron chi connectivity index (χ4n) is 1.78. The molecule has 0 aliphatic rings. The van der Waals surface area contributed by atoms with Gasteiger partial charge in [0.1, 0.15) is 0 Å². The van der Waals surface area contributed by atoms with Crippen molar-refractivity contribution >= 4 is 27.0 Å². The summed E-state index contributed by atoms with van der Waals surface area (Å²) in [4.78, 5) is 15.8. The van der Waals surface area contributed by atoms with Crippen LogP contribution in [0.3, 0.4) is 0 Å². The molecule has 1 heterocycles. The highest BCUT2D eigenvalue weighted by atomic mass is 32.2. The molecule has 0 unspecified atom stereocenters. The largest absolute Gasteiger partial charge is 0.390 e. The van der Waals surface area contributed by atoms with Gasteiger partial charge in [-0.1, -0.05) is 0 Å². The maximum absolute atomic E-state index is 12.0. The van der Waals surface area contributed by atoms with Gasteiger partial charge in [0, 0.05) is 12.6 Å². The fraction of sp³-hybridized carbons (Fsp3) is 0.333. The quantitative estimate of drug-likeness (QED) is 0.920. The van der Waals surface area contributed by atoms with Gasteiger partial charge in [-0.3, -0.25) is 4.79 Å². The van der Waals surface area contributed by atoms with Crippen LogP contribution in [0.2, 0.25) is 0 Å². The summed E-state index contributed by atoms with van der Waals surface area (Å²) in [6.07, 6.45) is -4.61. The lowest BCUT2D eigenvalue weighted by Crippen LogP contribution is -2.34. The summed E-state index contributed by atoms with van der Waals surface area (Å²) in [5.74, 6) is -2.19. The molecule has 6 nitrogen and oxygen atoms in total. The van der Waals surface area contributed by atoms with E-state index in [1.807, 2.05) is 0 Å². The van der Waals surface area contributed by atoms with E-state index in [1.165, 1.54) is 18.5 Å². The van der Waals surface area contributed by atoms with E-state index in [0.717, 1.165) is 5.52 Å². The number of fused-ring (bicyclic) bond motifs is 1. The summed E-state index contributed by atoms with van der Waals surface area (Å²) < 4.78 is 62.4. The van der Waals surface area contributed by atoms with Crippen molar-refractivity contribution in [3.63, 3.8) is 0 Å². The van der Waals surface area contributed by atoms with Gasteiger partial charge >= 0.3 is 6.18 Å². The fourth-order valence-corrected chi connectivity index (χ4v) is 2.78. The van der Waals surface area contributed by atoms with Gasteiger partial charge in [0.05, 0.1) is 29.5 Å². The zero-order valence-electron chi connectivity index (χ0n) is 11.4. The molecule has 0 saturated heterocycles. The molecule has 22 heavy (non-hydrogen) atoms. The Labute approximate surface area is 124 Å². The normalized spacial score (nSPS) is 12.5. The number of benzene rings is 1. The number of aryl methyl sites for hydroxylation is 1. The Morgan fingerprint density at radius 1 is 1.36 bits per heavy atom. The highest BCUT2D eigenvalue weighted by Gasteiger charge is 2.30. The zero-order valence-corrected chi connectivity index (χ0v) is 12.2. The molecular weight excluding hydrogens is 323 g/mol. The van der Waals surface area contributed by atoms with Crippen LogP contribution in [0.15, 0.2) is 24.5 Å². The number of hydrogen-bond donors (Lipinski definition) is 1. The van der Waals surface area contributed by atoms with Crippen molar-refractivity contribution in [2.24, 2.45) is 7.05 Å². The van der Waals surface area contributed by atoms with Crippen molar-refractivity contribution in [2.45, 2.75) is 12.6 Å². The van der Waals surface area contributed by atoms with Gasteiger partial charge in [0.25, 0.3) is 5.91 Å². The number of alkyl halides is 3. The van der Waals surface area contributed by atoms with E-state index in [1.54, 1.807) is 22.4 Å². The summed E-state index contributed by atoms with van der Waals surface area (Å²) in [6.45, 7) is 0. The molecule has 1 amide bonds. The topological polar surface area (TPSA) is 81.1 Å². The smallest absolute Gasteiger partial charge is 0.334 e. The number of halogens is 3. The van der Waals surface area contributed by atoms with Gasteiger partial charge in [-0.05, 0) is 18.2 Å². The molecule has 120 valence electrons. The van der Waals surface area contributed by atoms with Crippen molar-refractivity contribution in [1.29, 1.82) is 0 Å². The first kappa shape index (κ1) is 16.3. The Morgan fingerprint density at radius 2 is 2.05 bits per heavy atom. The minimum atomic E-state index is -4.61. The van der Waals surface area contributed by atoms with Gasteiger partial charge in [0.2, 0.25) is 10.0 Å². The molecule has 2 aromatic rings. The van der Waals surface area contributed by atoms with E-state index >= 15 is 0 Å². The van der Waals surface area contributed by atoms with E-state index in [9.17, 15) is 26.4 Å². The number of carbonyl (C=O) groups excluding carboxylic acids is 1. The van der Waals surface area contributed by atoms with Gasteiger partial charge in [0.15, 0.2) is 0 Å². The van der Waals surface area contributed by atoms with Crippen LogP contribution in [-0.4, -0.2) is 35.8 Å². The third-order valence-corrected chi connectivity index (χ3v) is 4.13. The first-order chi connectivity index (χ1) is 10.1. The molecule has 1 N–H and O–H groups in total. The minimum absolute atomic E-state index is 0.00165.